The molecule has 2 N–H and O–H groups in total. The largest absolute Gasteiger partial charge is 0.325 e. The summed E-state index contributed by atoms with van der Waals surface area (Å²) in [4.78, 5) is 13.2. The minimum Gasteiger partial charge on any atom is -0.325 e. The van der Waals surface area contributed by atoms with E-state index in [0.29, 0.717) is 15.9 Å². The van der Waals surface area contributed by atoms with Gasteiger partial charge in [0.2, 0.25) is 11.1 Å². The van der Waals surface area contributed by atoms with Crippen LogP contribution in [0.25, 0.3) is 0 Å². The normalized spacial score (nSPS) is 17.9. The quantitative estimate of drug-likeness (QED) is 0.594. The zero-order valence-electron chi connectivity index (χ0n) is 16.5. The molecular formula is C21H21ClFN5OS. The van der Waals surface area contributed by atoms with Crippen molar-refractivity contribution in [1.82, 2.24) is 14.9 Å². The van der Waals surface area contributed by atoms with Crippen LogP contribution in [0.3, 0.4) is 0 Å². The average molecular weight is 446 g/mol. The Morgan fingerprint density at radius 2 is 2.03 bits per heavy atom. The molecule has 156 valence electrons. The minimum absolute atomic E-state index is 0.201. The van der Waals surface area contributed by atoms with E-state index in [2.05, 4.69) is 27.9 Å². The lowest BCUT2D eigenvalue weighted by atomic mass is 10.0. The third-order valence-electron chi connectivity index (χ3n) is 4.90. The first kappa shape index (κ1) is 20.7. The number of nitrogens with one attached hydrogen (secondary N) is 2. The van der Waals surface area contributed by atoms with E-state index in [9.17, 15) is 9.18 Å². The highest BCUT2D eigenvalue weighted by molar-refractivity contribution is 8.00. The van der Waals surface area contributed by atoms with Crippen molar-refractivity contribution in [3.63, 3.8) is 0 Å². The minimum atomic E-state index is -0.540. The second-order valence-electron chi connectivity index (χ2n) is 7.13. The summed E-state index contributed by atoms with van der Waals surface area (Å²) in [5, 5.41) is 12.1. The fraction of sp³-hybridized carbons (Fsp3) is 0.286. The molecule has 2 aromatic carbocycles. The number of aromatic nitrogens is 3. The second kappa shape index (κ2) is 8.65. The van der Waals surface area contributed by atoms with Crippen molar-refractivity contribution in [2.45, 2.75) is 43.1 Å². The Balaban J connectivity index is 1.66. The van der Waals surface area contributed by atoms with Crippen LogP contribution in [0.5, 0.6) is 0 Å². The molecule has 0 bridgehead atoms. The van der Waals surface area contributed by atoms with Crippen molar-refractivity contribution in [1.29, 1.82) is 0 Å². The zero-order chi connectivity index (χ0) is 21.3. The van der Waals surface area contributed by atoms with Gasteiger partial charge in [0.15, 0.2) is 5.82 Å². The molecule has 2 heterocycles. The summed E-state index contributed by atoms with van der Waals surface area (Å²) in [6.45, 7) is 3.97. The van der Waals surface area contributed by atoms with Crippen molar-refractivity contribution in [3.8, 4) is 0 Å². The van der Waals surface area contributed by atoms with E-state index < -0.39 is 11.3 Å². The highest BCUT2D eigenvalue weighted by Crippen LogP contribution is 2.38. The molecule has 3 aromatic rings. The zero-order valence-corrected chi connectivity index (χ0v) is 18.1. The molecule has 30 heavy (non-hydrogen) atoms. The van der Waals surface area contributed by atoms with E-state index in [4.69, 9.17) is 11.6 Å². The van der Waals surface area contributed by atoms with Gasteiger partial charge in [-0.3, -0.25) is 4.79 Å². The van der Waals surface area contributed by atoms with Gasteiger partial charge in [-0.1, -0.05) is 48.5 Å². The number of anilines is 1. The molecule has 2 atom stereocenters. The highest BCUT2D eigenvalue weighted by atomic mass is 35.5. The summed E-state index contributed by atoms with van der Waals surface area (Å²) in [7, 11) is 0. The van der Waals surface area contributed by atoms with E-state index >= 15 is 0 Å². The summed E-state index contributed by atoms with van der Waals surface area (Å²) in [5.74, 6) is 0.276. The molecule has 1 aromatic heterocycles. The Morgan fingerprint density at radius 3 is 2.73 bits per heavy atom. The number of aryl methyl sites for hydroxylation is 2. The van der Waals surface area contributed by atoms with Crippen molar-refractivity contribution < 1.29 is 9.18 Å². The van der Waals surface area contributed by atoms with E-state index in [-0.39, 0.29) is 11.7 Å². The van der Waals surface area contributed by atoms with Crippen molar-refractivity contribution in [3.05, 3.63) is 70.3 Å². The van der Waals surface area contributed by atoms with Crippen LogP contribution in [-0.2, 0) is 11.2 Å². The molecule has 0 aliphatic carbocycles. The number of nitrogens with zero attached hydrogens (tertiary/aromatic N) is 3. The fourth-order valence-electron chi connectivity index (χ4n) is 3.29. The Morgan fingerprint density at radius 1 is 1.27 bits per heavy atom. The molecule has 1 aliphatic heterocycles. The molecule has 0 fully saturated rings. The van der Waals surface area contributed by atoms with Gasteiger partial charge in [0.05, 0.1) is 6.04 Å². The monoisotopic (exact) mass is 445 g/mol. The summed E-state index contributed by atoms with van der Waals surface area (Å²) in [5.41, 5.74) is 5.72. The predicted molar refractivity (Wildman–Crippen MR) is 117 cm³/mol. The van der Waals surface area contributed by atoms with Crippen molar-refractivity contribution in [2.24, 2.45) is 0 Å². The number of hydrogen-bond donors (Lipinski definition) is 2. The maximum absolute atomic E-state index is 13.5. The standard InChI is InChI=1S/C21H21ClFN5OS/c1-3-4-17-25-26-21-28(17)27-18(13-6-8-14(23)9-7-13)19(30-21)20(29)24-15-10-5-12(2)16(22)11-15/h5-11,18-19,27H,3-4H2,1-2H3,(H,24,29)/t18-,19-/m1/s1. The fourth-order valence-corrected chi connectivity index (χ4v) is 4.57. The molecule has 0 unspecified atom stereocenters. The van der Waals surface area contributed by atoms with Gasteiger partial charge in [0.25, 0.3) is 0 Å². The summed E-state index contributed by atoms with van der Waals surface area (Å²) >= 11 is 7.53. The van der Waals surface area contributed by atoms with Crippen LogP contribution in [-0.4, -0.2) is 26.0 Å². The van der Waals surface area contributed by atoms with Gasteiger partial charge < -0.3 is 10.7 Å². The first-order valence-corrected chi connectivity index (χ1v) is 10.9. The van der Waals surface area contributed by atoms with Gasteiger partial charge in [0, 0.05) is 17.1 Å². The molecule has 0 saturated heterocycles. The van der Waals surface area contributed by atoms with Crippen LogP contribution in [0.15, 0.2) is 47.6 Å². The van der Waals surface area contributed by atoms with Crippen molar-refractivity contribution >= 4 is 35.0 Å². The van der Waals surface area contributed by atoms with Crippen LogP contribution in [0.2, 0.25) is 5.02 Å². The number of halogens is 2. The smallest absolute Gasteiger partial charge is 0.240 e. The Bertz CT molecular complexity index is 1070. The van der Waals surface area contributed by atoms with Gasteiger partial charge in [-0.05, 0) is 48.7 Å². The lowest BCUT2D eigenvalue weighted by Crippen LogP contribution is -2.41. The number of benzene rings is 2. The Labute approximate surface area is 183 Å². The third-order valence-corrected chi connectivity index (χ3v) is 6.53. The first-order valence-electron chi connectivity index (χ1n) is 9.66. The summed E-state index contributed by atoms with van der Waals surface area (Å²) in [6, 6.07) is 11.2. The van der Waals surface area contributed by atoms with Gasteiger partial charge in [-0.15, -0.1) is 10.2 Å². The SMILES string of the molecule is CCCc1nnc2n1N[C@H](c1ccc(F)cc1)[C@H](C(=O)Nc1ccc(C)c(Cl)c1)S2. The number of carbonyl (C=O) groups excluding carboxylic acids is 1. The van der Waals surface area contributed by atoms with Crippen LogP contribution in [0.4, 0.5) is 10.1 Å². The third kappa shape index (κ3) is 4.15. The second-order valence-corrected chi connectivity index (χ2v) is 8.65. The number of rotatable bonds is 5. The number of carbonyl (C=O) groups is 1. The Hall–Kier alpha value is -2.58. The lowest BCUT2D eigenvalue weighted by Gasteiger charge is -2.33. The van der Waals surface area contributed by atoms with Crippen LogP contribution >= 0.6 is 23.4 Å². The maximum Gasteiger partial charge on any atom is 0.240 e. The first-order chi connectivity index (χ1) is 14.5. The van der Waals surface area contributed by atoms with E-state index in [1.54, 1.807) is 18.2 Å². The van der Waals surface area contributed by atoms with E-state index in [1.807, 2.05) is 23.7 Å². The van der Waals surface area contributed by atoms with Gasteiger partial charge in [-0.25, -0.2) is 9.07 Å². The summed E-state index contributed by atoms with van der Waals surface area (Å²) in [6.07, 6.45) is 1.68. The number of fused-ring (bicyclic) bond motifs is 1. The molecule has 0 saturated carbocycles. The predicted octanol–water partition coefficient (Wildman–Crippen LogP) is 4.73. The van der Waals surface area contributed by atoms with E-state index in [0.717, 1.165) is 29.8 Å². The topological polar surface area (TPSA) is 71.8 Å². The molecular weight excluding hydrogens is 425 g/mol. The Kier molecular flexibility index (Phi) is 5.97. The van der Waals surface area contributed by atoms with Gasteiger partial charge in [-0.2, -0.15) is 0 Å². The van der Waals surface area contributed by atoms with Crippen LogP contribution in [0.1, 0.15) is 36.3 Å². The molecule has 1 amide bonds. The molecule has 9 heteroatoms. The maximum atomic E-state index is 13.5. The van der Waals surface area contributed by atoms with E-state index in [1.165, 1.54) is 23.9 Å². The molecule has 1 aliphatic rings. The summed E-state index contributed by atoms with van der Waals surface area (Å²) < 4.78 is 15.3. The van der Waals surface area contributed by atoms with Gasteiger partial charge >= 0.3 is 0 Å². The van der Waals surface area contributed by atoms with Gasteiger partial charge in [0.1, 0.15) is 11.1 Å². The van der Waals surface area contributed by atoms with Crippen molar-refractivity contribution in [2.75, 3.05) is 10.7 Å². The molecule has 0 radical (unpaired) electrons. The number of hydrogen-bond acceptors (Lipinski definition) is 5. The van der Waals surface area contributed by atoms with Crippen LogP contribution in [0, 0.1) is 12.7 Å². The lowest BCUT2D eigenvalue weighted by molar-refractivity contribution is -0.116. The van der Waals surface area contributed by atoms with Crippen LogP contribution < -0.4 is 10.7 Å². The number of thioether (sulfide) groups is 1. The highest BCUT2D eigenvalue weighted by Gasteiger charge is 2.37. The average Bonchev–Trinajstić information content (AvgIpc) is 3.12. The molecule has 0 spiro atoms. The molecule has 4 rings (SSSR count). The number of amides is 1. The molecule has 6 nitrogen and oxygen atoms in total.